The highest BCUT2D eigenvalue weighted by atomic mass is 32.1. The number of amides is 1. The number of nitrogens with zero attached hydrogens (tertiary/aromatic N) is 1. The van der Waals surface area contributed by atoms with E-state index in [4.69, 9.17) is 5.73 Å². The lowest BCUT2D eigenvalue weighted by molar-refractivity contribution is -0.122. The van der Waals surface area contributed by atoms with Gasteiger partial charge in [0.15, 0.2) is 0 Å². The molecule has 0 fully saturated rings. The van der Waals surface area contributed by atoms with Gasteiger partial charge in [-0.2, -0.15) is 0 Å². The Bertz CT molecular complexity index is 362. The minimum Gasteiger partial charge on any atom is -0.354 e. The molecule has 1 aromatic heterocycles. The van der Waals surface area contributed by atoms with Crippen molar-refractivity contribution in [3.8, 4) is 0 Å². The fraction of sp³-hybridized carbons (Fsp3) is 0.667. The normalized spacial score (nSPS) is 12.8. The molecule has 96 valence electrons. The lowest BCUT2D eigenvalue weighted by Gasteiger charge is -2.13. The Morgan fingerprint density at radius 1 is 1.59 bits per heavy atom. The molecule has 17 heavy (non-hydrogen) atoms. The van der Waals surface area contributed by atoms with Crippen LogP contribution in [0.25, 0.3) is 0 Å². The summed E-state index contributed by atoms with van der Waals surface area (Å²) in [5.74, 6) is 0.379. The average molecular weight is 255 g/mol. The van der Waals surface area contributed by atoms with Crippen LogP contribution in [0.3, 0.4) is 0 Å². The molecule has 1 amide bonds. The Labute approximate surface area is 107 Å². The van der Waals surface area contributed by atoms with E-state index >= 15 is 0 Å². The van der Waals surface area contributed by atoms with E-state index in [-0.39, 0.29) is 5.91 Å². The SMILES string of the molecule is Cc1csc(CCNC(=O)[C@@H](N)CC(C)C)n1. The zero-order valence-corrected chi connectivity index (χ0v) is 11.5. The van der Waals surface area contributed by atoms with Gasteiger partial charge in [0.1, 0.15) is 0 Å². The summed E-state index contributed by atoms with van der Waals surface area (Å²) < 4.78 is 0. The highest BCUT2D eigenvalue weighted by Gasteiger charge is 2.14. The quantitative estimate of drug-likeness (QED) is 0.809. The molecule has 0 aliphatic rings. The fourth-order valence-corrected chi connectivity index (χ4v) is 2.33. The van der Waals surface area contributed by atoms with Crippen molar-refractivity contribution in [2.75, 3.05) is 6.54 Å². The molecule has 0 aliphatic heterocycles. The van der Waals surface area contributed by atoms with Gasteiger partial charge in [0.2, 0.25) is 5.91 Å². The number of nitrogens with one attached hydrogen (secondary N) is 1. The Kier molecular flexibility index (Phi) is 5.58. The second-order valence-corrected chi connectivity index (χ2v) is 5.60. The van der Waals surface area contributed by atoms with Crippen molar-refractivity contribution in [3.05, 3.63) is 16.1 Å². The van der Waals surface area contributed by atoms with E-state index in [1.165, 1.54) is 0 Å². The van der Waals surface area contributed by atoms with Gasteiger partial charge in [-0.05, 0) is 19.3 Å². The van der Waals surface area contributed by atoms with Gasteiger partial charge < -0.3 is 11.1 Å². The molecular formula is C12H21N3OS. The summed E-state index contributed by atoms with van der Waals surface area (Å²) in [4.78, 5) is 16.0. The van der Waals surface area contributed by atoms with Crippen LogP contribution in [0.5, 0.6) is 0 Å². The standard InChI is InChI=1S/C12H21N3OS/c1-8(2)6-10(13)12(16)14-5-4-11-15-9(3)7-17-11/h7-8,10H,4-6,13H2,1-3H3,(H,14,16)/t10-/m0/s1. The second-order valence-electron chi connectivity index (χ2n) is 4.66. The molecule has 4 nitrogen and oxygen atoms in total. The Morgan fingerprint density at radius 2 is 2.29 bits per heavy atom. The Morgan fingerprint density at radius 3 is 2.82 bits per heavy atom. The van der Waals surface area contributed by atoms with Gasteiger partial charge in [0, 0.05) is 24.0 Å². The highest BCUT2D eigenvalue weighted by molar-refractivity contribution is 7.09. The van der Waals surface area contributed by atoms with E-state index in [0.29, 0.717) is 12.5 Å². The lowest BCUT2D eigenvalue weighted by atomic mass is 10.0. The summed E-state index contributed by atoms with van der Waals surface area (Å²) in [5.41, 5.74) is 6.81. The average Bonchev–Trinajstić information content (AvgIpc) is 2.63. The summed E-state index contributed by atoms with van der Waals surface area (Å²) in [6.07, 6.45) is 1.50. The van der Waals surface area contributed by atoms with E-state index in [9.17, 15) is 4.79 Å². The van der Waals surface area contributed by atoms with Crippen LogP contribution in [0.1, 0.15) is 31.0 Å². The molecule has 0 aliphatic carbocycles. The predicted octanol–water partition coefficient (Wildman–Crippen LogP) is 1.48. The molecule has 3 N–H and O–H groups in total. The van der Waals surface area contributed by atoms with E-state index < -0.39 is 6.04 Å². The van der Waals surface area contributed by atoms with E-state index in [1.54, 1.807) is 11.3 Å². The van der Waals surface area contributed by atoms with E-state index in [1.807, 2.05) is 12.3 Å². The van der Waals surface area contributed by atoms with Crippen molar-refractivity contribution < 1.29 is 4.79 Å². The van der Waals surface area contributed by atoms with Crippen molar-refractivity contribution >= 4 is 17.2 Å². The first-order chi connectivity index (χ1) is 7.99. The van der Waals surface area contributed by atoms with Crippen LogP contribution >= 0.6 is 11.3 Å². The van der Waals surface area contributed by atoms with Gasteiger partial charge in [0.05, 0.1) is 11.0 Å². The molecular weight excluding hydrogens is 234 g/mol. The van der Waals surface area contributed by atoms with Crippen LogP contribution in [-0.4, -0.2) is 23.5 Å². The van der Waals surface area contributed by atoms with Crippen LogP contribution in [0.2, 0.25) is 0 Å². The molecule has 1 aromatic rings. The number of rotatable bonds is 6. The van der Waals surface area contributed by atoms with Crippen LogP contribution in [0.15, 0.2) is 5.38 Å². The summed E-state index contributed by atoms with van der Waals surface area (Å²) >= 11 is 1.63. The number of hydrogen-bond donors (Lipinski definition) is 2. The maximum absolute atomic E-state index is 11.6. The molecule has 5 heteroatoms. The lowest BCUT2D eigenvalue weighted by Crippen LogP contribution is -2.42. The largest absolute Gasteiger partial charge is 0.354 e. The van der Waals surface area contributed by atoms with Crippen LogP contribution in [0.4, 0.5) is 0 Å². The number of hydrogen-bond acceptors (Lipinski definition) is 4. The highest BCUT2D eigenvalue weighted by Crippen LogP contribution is 2.08. The van der Waals surface area contributed by atoms with Gasteiger partial charge in [-0.15, -0.1) is 11.3 Å². The second kappa shape index (κ2) is 6.71. The van der Waals surface area contributed by atoms with Gasteiger partial charge in [-0.3, -0.25) is 4.79 Å². The summed E-state index contributed by atoms with van der Waals surface area (Å²) in [6, 6.07) is -0.395. The van der Waals surface area contributed by atoms with E-state index in [2.05, 4.69) is 24.1 Å². The smallest absolute Gasteiger partial charge is 0.236 e. The first-order valence-corrected chi connectivity index (χ1v) is 6.81. The van der Waals surface area contributed by atoms with Gasteiger partial charge in [-0.25, -0.2) is 4.98 Å². The van der Waals surface area contributed by atoms with Crippen LogP contribution in [-0.2, 0) is 11.2 Å². The molecule has 0 bridgehead atoms. The summed E-state index contributed by atoms with van der Waals surface area (Å²) in [7, 11) is 0. The zero-order valence-electron chi connectivity index (χ0n) is 10.7. The molecule has 1 heterocycles. The van der Waals surface area contributed by atoms with Gasteiger partial charge in [0.25, 0.3) is 0 Å². The van der Waals surface area contributed by atoms with Gasteiger partial charge >= 0.3 is 0 Å². The van der Waals surface area contributed by atoms with Crippen LogP contribution < -0.4 is 11.1 Å². The molecule has 0 saturated carbocycles. The maximum atomic E-state index is 11.6. The number of aromatic nitrogens is 1. The molecule has 0 radical (unpaired) electrons. The maximum Gasteiger partial charge on any atom is 0.236 e. The minimum absolute atomic E-state index is 0.0630. The molecule has 0 spiro atoms. The van der Waals surface area contributed by atoms with E-state index in [0.717, 1.165) is 23.5 Å². The number of thiazole rings is 1. The number of carbonyl (C=O) groups excluding carboxylic acids is 1. The molecule has 0 unspecified atom stereocenters. The fourth-order valence-electron chi connectivity index (χ4n) is 1.56. The monoisotopic (exact) mass is 255 g/mol. The summed E-state index contributed by atoms with van der Waals surface area (Å²) in [5, 5.41) is 5.92. The van der Waals surface area contributed by atoms with Crippen molar-refractivity contribution in [1.29, 1.82) is 0 Å². The third-order valence-corrected chi connectivity index (χ3v) is 3.39. The first-order valence-electron chi connectivity index (χ1n) is 5.93. The van der Waals surface area contributed by atoms with Crippen molar-refractivity contribution in [3.63, 3.8) is 0 Å². The molecule has 1 rings (SSSR count). The minimum atomic E-state index is -0.395. The topological polar surface area (TPSA) is 68.0 Å². The van der Waals surface area contributed by atoms with Crippen molar-refractivity contribution in [1.82, 2.24) is 10.3 Å². The summed E-state index contributed by atoms with van der Waals surface area (Å²) in [6.45, 7) is 6.70. The Hall–Kier alpha value is -0.940. The molecule has 0 aromatic carbocycles. The number of aryl methyl sites for hydroxylation is 1. The van der Waals surface area contributed by atoms with Gasteiger partial charge in [-0.1, -0.05) is 13.8 Å². The number of nitrogens with two attached hydrogens (primary N) is 1. The third-order valence-electron chi connectivity index (χ3n) is 2.37. The van der Waals surface area contributed by atoms with Crippen molar-refractivity contribution in [2.24, 2.45) is 11.7 Å². The zero-order chi connectivity index (χ0) is 12.8. The van der Waals surface area contributed by atoms with Crippen LogP contribution in [0, 0.1) is 12.8 Å². The molecule has 0 saturated heterocycles. The van der Waals surface area contributed by atoms with Crippen molar-refractivity contribution in [2.45, 2.75) is 39.7 Å². The number of carbonyl (C=O) groups is 1. The Balaban J connectivity index is 2.24. The first kappa shape index (κ1) is 14.1. The predicted molar refractivity (Wildman–Crippen MR) is 71.0 cm³/mol. The molecule has 1 atom stereocenters. The third kappa shape index (κ3) is 5.28.